The minimum absolute atomic E-state index is 0.0822. The summed E-state index contributed by atoms with van der Waals surface area (Å²) in [4.78, 5) is 28.0. The van der Waals surface area contributed by atoms with E-state index in [4.69, 9.17) is 0 Å². The lowest BCUT2D eigenvalue weighted by molar-refractivity contribution is -0.141. The highest BCUT2D eigenvalue weighted by Crippen LogP contribution is 2.22. The van der Waals surface area contributed by atoms with E-state index >= 15 is 0 Å². The van der Waals surface area contributed by atoms with E-state index in [9.17, 15) is 18.0 Å². The van der Waals surface area contributed by atoms with Crippen LogP contribution in [0.5, 0.6) is 0 Å². The van der Waals surface area contributed by atoms with Crippen molar-refractivity contribution in [2.75, 3.05) is 13.6 Å². The first-order valence-corrected chi connectivity index (χ1v) is 13.2. The summed E-state index contributed by atoms with van der Waals surface area (Å²) in [5.74, 6) is -0.696. The Morgan fingerprint density at radius 1 is 0.914 bits per heavy atom. The van der Waals surface area contributed by atoms with Gasteiger partial charge in [-0.1, -0.05) is 67.6 Å². The molecule has 186 valence electrons. The van der Waals surface area contributed by atoms with Gasteiger partial charge < -0.3 is 10.2 Å². The van der Waals surface area contributed by atoms with Crippen LogP contribution in [0.4, 0.5) is 0 Å². The summed E-state index contributed by atoms with van der Waals surface area (Å²) in [6, 6.07) is 21.0. The molecule has 0 radical (unpaired) electrons. The number of nitrogens with zero attached hydrogens (tertiary/aromatic N) is 2. The molecule has 35 heavy (non-hydrogen) atoms. The van der Waals surface area contributed by atoms with Crippen molar-refractivity contribution in [2.45, 2.75) is 50.7 Å². The molecule has 7 nitrogen and oxygen atoms in total. The molecule has 3 aromatic rings. The number of benzene rings is 3. The van der Waals surface area contributed by atoms with Crippen LogP contribution in [-0.4, -0.2) is 55.1 Å². The van der Waals surface area contributed by atoms with Gasteiger partial charge in [0.1, 0.15) is 6.04 Å². The summed E-state index contributed by atoms with van der Waals surface area (Å²) in [5, 5.41) is 4.61. The summed E-state index contributed by atoms with van der Waals surface area (Å²) >= 11 is 0. The monoisotopic (exact) mass is 495 g/mol. The zero-order valence-corrected chi connectivity index (χ0v) is 21.5. The molecule has 0 aromatic heterocycles. The van der Waals surface area contributed by atoms with Gasteiger partial charge in [-0.05, 0) is 48.7 Å². The van der Waals surface area contributed by atoms with Gasteiger partial charge in [0.25, 0.3) is 0 Å². The minimum Gasteiger partial charge on any atom is -0.352 e. The second-order valence-electron chi connectivity index (χ2n) is 8.86. The van der Waals surface area contributed by atoms with Crippen molar-refractivity contribution in [3.63, 3.8) is 0 Å². The van der Waals surface area contributed by atoms with Crippen molar-refractivity contribution in [2.24, 2.45) is 0 Å². The molecule has 0 saturated heterocycles. The Balaban J connectivity index is 1.87. The van der Waals surface area contributed by atoms with Crippen LogP contribution in [0.3, 0.4) is 0 Å². The quantitative estimate of drug-likeness (QED) is 0.464. The van der Waals surface area contributed by atoms with Gasteiger partial charge in [0.05, 0.1) is 11.4 Å². The lowest BCUT2D eigenvalue weighted by Gasteiger charge is -2.32. The Labute approximate surface area is 207 Å². The highest BCUT2D eigenvalue weighted by molar-refractivity contribution is 7.89. The van der Waals surface area contributed by atoms with Crippen LogP contribution in [0.1, 0.15) is 32.8 Å². The zero-order valence-electron chi connectivity index (χ0n) is 20.6. The molecule has 0 fully saturated rings. The third-order valence-corrected chi connectivity index (χ3v) is 7.60. The van der Waals surface area contributed by atoms with Gasteiger partial charge in [0.15, 0.2) is 0 Å². The highest BCUT2D eigenvalue weighted by Gasteiger charge is 2.32. The van der Waals surface area contributed by atoms with Crippen LogP contribution in [0.2, 0.25) is 0 Å². The Hall–Kier alpha value is -3.23. The molecule has 1 unspecified atom stereocenters. The molecule has 3 aromatic carbocycles. The van der Waals surface area contributed by atoms with Crippen LogP contribution in [0, 0.1) is 0 Å². The van der Waals surface area contributed by atoms with E-state index in [1.807, 2.05) is 75.4 Å². The summed E-state index contributed by atoms with van der Waals surface area (Å²) in [6.07, 6.45) is 0.401. The maximum atomic E-state index is 13.5. The number of nitrogens with one attached hydrogen (secondary N) is 1. The smallest absolute Gasteiger partial charge is 0.243 e. The average Bonchev–Trinajstić information content (AvgIpc) is 2.83. The molecule has 0 aliphatic rings. The standard InChI is InChI=1S/C27H33N3O4S/c1-5-25(27(32)28-20(2)3)30(18-21-11-7-6-8-12-21)26(31)19-29(4)35(33,34)24-16-15-22-13-9-10-14-23(22)17-24/h6-17,20,25H,5,18-19H2,1-4H3,(H,28,32). The predicted molar refractivity (Wildman–Crippen MR) is 138 cm³/mol. The second kappa shape index (κ2) is 11.5. The molecule has 0 heterocycles. The SMILES string of the molecule is CCC(C(=O)NC(C)C)N(Cc1ccccc1)C(=O)CN(C)S(=O)(=O)c1ccc2ccccc2c1. The number of amides is 2. The van der Waals surface area contributed by atoms with E-state index in [-0.39, 0.29) is 29.9 Å². The maximum Gasteiger partial charge on any atom is 0.243 e. The minimum atomic E-state index is -3.92. The predicted octanol–water partition coefficient (Wildman–Crippen LogP) is 3.79. The normalized spacial score (nSPS) is 12.6. The van der Waals surface area contributed by atoms with Crippen molar-refractivity contribution in [1.82, 2.24) is 14.5 Å². The van der Waals surface area contributed by atoms with E-state index in [1.165, 1.54) is 11.9 Å². The molecule has 0 spiro atoms. The van der Waals surface area contributed by atoms with Crippen molar-refractivity contribution in [1.29, 1.82) is 0 Å². The molecule has 0 bridgehead atoms. The van der Waals surface area contributed by atoms with Crippen molar-refractivity contribution in [3.8, 4) is 0 Å². The van der Waals surface area contributed by atoms with E-state index in [1.54, 1.807) is 18.2 Å². The third-order valence-electron chi connectivity index (χ3n) is 5.80. The molecule has 0 aliphatic carbocycles. The van der Waals surface area contributed by atoms with Crippen LogP contribution in [-0.2, 0) is 26.2 Å². The lowest BCUT2D eigenvalue weighted by atomic mass is 10.1. The second-order valence-corrected chi connectivity index (χ2v) is 10.9. The Bertz CT molecular complexity index is 1280. The van der Waals surface area contributed by atoms with Crippen LogP contribution in [0.15, 0.2) is 77.7 Å². The van der Waals surface area contributed by atoms with Crippen molar-refractivity contribution in [3.05, 3.63) is 78.4 Å². The molecular formula is C27H33N3O4S. The van der Waals surface area contributed by atoms with E-state index in [0.29, 0.717) is 6.42 Å². The maximum absolute atomic E-state index is 13.5. The number of fused-ring (bicyclic) bond motifs is 1. The van der Waals surface area contributed by atoms with E-state index < -0.39 is 22.0 Å². The summed E-state index contributed by atoms with van der Waals surface area (Å²) in [5.41, 5.74) is 0.858. The van der Waals surface area contributed by atoms with Gasteiger partial charge >= 0.3 is 0 Å². The summed E-state index contributed by atoms with van der Waals surface area (Å²) in [7, 11) is -2.53. The number of hydrogen-bond acceptors (Lipinski definition) is 4. The van der Waals surface area contributed by atoms with Gasteiger partial charge in [-0.25, -0.2) is 8.42 Å². The molecule has 3 rings (SSSR count). The van der Waals surface area contributed by atoms with E-state index in [2.05, 4.69) is 5.32 Å². The number of rotatable bonds is 10. The molecular weight excluding hydrogens is 462 g/mol. The molecule has 2 amide bonds. The number of carbonyl (C=O) groups excluding carboxylic acids is 2. The molecule has 0 aliphatic heterocycles. The van der Waals surface area contributed by atoms with Gasteiger partial charge in [0, 0.05) is 19.6 Å². The summed E-state index contributed by atoms with van der Waals surface area (Å²) in [6.45, 7) is 5.38. The fourth-order valence-electron chi connectivity index (χ4n) is 3.95. The molecule has 1 N–H and O–H groups in total. The zero-order chi connectivity index (χ0) is 25.6. The Kier molecular flexibility index (Phi) is 8.64. The van der Waals surface area contributed by atoms with Gasteiger partial charge in [-0.15, -0.1) is 0 Å². The number of hydrogen-bond donors (Lipinski definition) is 1. The number of likely N-dealkylation sites (N-methyl/N-ethyl adjacent to an activating group) is 1. The molecule has 0 saturated carbocycles. The Morgan fingerprint density at radius 2 is 1.54 bits per heavy atom. The third kappa shape index (κ3) is 6.46. The van der Waals surface area contributed by atoms with Gasteiger partial charge in [-0.2, -0.15) is 4.31 Å². The summed E-state index contributed by atoms with van der Waals surface area (Å²) < 4.78 is 27.6. The largest absolute Gasteiger partial charge is 0.352 e. The van der Waals surface area contributed by atoms with Gasteiger partial charge in [-0.3, -0.25) is 9.59 Å². The van der Waals surface area contributed by atoms with Crippen LogP contribution in [0.25, 0.3) is 10.8 Å². The van der Waals surface area contributed by atoms with Crippen molar-refractivity contribution >= 4 is 32.6 Å². The van der Waals surface area contributed by atoms with Crippen LogP contribution >= 0.6 is 0 Å². The number of sulfonamides is 1. The first-order chi connectivity index (χ1) is 16.6. The number of carbonyl (C=O) groups is 2. The Morgan fingerprint density at radius 3 is 2.17 bits per heavy atom. The topological polar surface area (TPSA) is 86.8 Å². The first kappa shape index (κ1) is 26.4. The molecule has 8 heteroatoms. The lowest BCUT2D eigenvalue weighted by Crippen LogP contribution is -2.52. The fourth-order valence-corrected chi connectivity index (χ4v) is 5.11. The van der Waals surface area contributed by atoms with Crippen LogP contribution < -0.4 is 5.32 Å². The van der Waals surface area contributed by atoms with E-state index in [0.717, 1.165) is 20.6 Å². The first-order valence-electron chi connectivity index (χ1n) is 11.7. The fraction of sp³-hybridized carbons (Fsp3) is 0.333. The van der Waals surface area contributed by atoms with Gasteiger partial charge in [0.2, 0.25) is 21.8 Å². The highest BCUT2D eigenvalue weighted by atomic mass is 32.2. The van der Waals surface area contributed by atoms with Crippen molar-refractivity contribution < 1.29 is 18.0 Å². The average molecular weight is 496 g/mol. The molecule has 1 atom stereocenters.